The molecule has 2 aliphatic heterocycles. The van der Waals surface area contributed by atoms with Crippen molar-refractivity contribution in [1.29, 1.82) is 0 Å². The Hall–Kier alpha value is -2.40. The molecule has 4 nitrogen and oxygen atoms in total. The Labute approximate surface area is 172 Å². The molecule has 1 aliphatic carbocycles. The van der Waals surface area contributed by atoms with Crippen LogP contribution in [0.15, 0.2) is 53.5 Å². The van der Waals surface area contributed by atoms with E-state index in [2.05, 4.69) is 48.2 Å². The largest absolute Gasteiger partial charge is 0.456 e. The molecular formula is C24H28FN3O. The molecule has 1 spiro atoms. The number of aliphatic imine (C=N–C) groups is 1. The van der Waals surface area contributed by atoms with Crippen molar-refractivity contribution >= 4 is 6.02 Å². The highest BCUT2D eigenvalue weighted by molar-refractivity contribution is 5.78. The summed E-state index contributed by atoms with van der Waals surface area (Å²) < 4.78 is 20.2. The molecule has 0 radical (unpaired) electrons. The van der Waals surface area contributed by atoms with Gasteiger partial charge in [-0.3, -0.25) is 0 Å². The van der Waals surface area contributed by atoms with Gasteiger partial charge in [-0.25, -0.2) is 9.38 Å². The number of halogens is 1. The maximum absolute atomic E-state index is 13.6. The lowest BCUT2D eigenvalue weighted by molar-refractivity contribution is 0.0627. The molecule has 2 heterocycles. The Morgan fingerprint density at radius 1 is 1.14 bits per heavy atom. The van der Waals surface area contributed by atoms with Crippen LogP contribution in [0.5, 0.6) is 0 Å². The summed E-state index contributed by atoms with van der Waals surface area (Å²) in [4.78, 5) is 9.47. The number of ether oxygens (including phenoxy) is 1. The third kappa shape index (κ3) is 3.31. The van der Waals surface area contributed by atoms with Crippen LogP contribution in [0, 0.1) is 5.82 Å². The molecule has 5 heteroatoms. The second-order valence-electron chi connectivity index (χ2n) is 8.84. The maximum atomic E-state index is 13.6. The van der Waals surface area contributed by atoms with Crippen LogP contribution < -0.4 is 0 Å². The number of nitrogens with zero attached hydrogens (tertiary/aromatic N) is 3. The van der Waals surface area contributed by atoms with Crippen molar-refractivity contribution in [1.82, 2.24) is 9.80 Å². The summed E-state index contributed by atoms with van der Waals surface area (Å²) >= 11 is 0. The van der Waals surface area contributed by atoms with Crippen LogP contribution in [-0.4, -0.2) is 54.6 Å². The average Bonchev–Trinajstić information content (AvgIpc) is 3.35. The van der Waals surface area contributed by atoms with Crippen molar-refractivity contribution in [3.8, 4) is 0 Å². The second-order valence-corrected chi connectivity index (χ2v) is 8.84. The van der Waals surface area contributed by atoms with E-state index in [4.69, 9.17) is 9.73 Å². The van der Waals surface area contributed by atoms with Gasteiger partial charge >= 0.3 is 0 Å². The van der Waals surface area contributed by atoms with Crippen molar-refractivity contribution in [2.45, 2.75) is 43.4 Å². The smallest absolute Gasteiger partial charge is 0.288 e. The quantitative estimate of drug-likeness (QED) is 0.772. The fourth-order valence-electron chi connectivity index (χ4n) is 5.14. The van der Waals surface area contributed by atoms with E-state index >= 15 is 0 Å². The van der Waals surface area contributed by atoms with Crippen LogP contribution in [0.25, 0.3) is 0 Å². The molecule has 3 aliphatic rings. The van der Waals surface area contributed by atoms with E-state index in [-0.39, 0.29) is 17.5 Å². The molecular weight excluding hydrogens is 365 g/mol. The summed E-state index contributed by atoms with van der Waals surface area (Å²) in [5, 5.41) is 0. The summed E-state index contributed by atoms with van der Waals surface area (Å²) in [5.74, 6) is -0.210. The van der Waals surface area contributed by atoms with Gasteiger partial charge in [0.05, 0.1) is 12.6 Å². The van der Waals surface area contributed by atoms with Crippen LogP contribution in [0.2, 0.25) is 0 Å². The van der Waals surface area contributed by atoms with E-state index in [1.165, 1.54) is 11.1 Å². The molecule has 1 saturated carbocycles. The highest BCUT2D eigenvalue weighted by Crippen LogP contribution is 2.42. The van der Waals surface area contributed by atoms with Crippen LogP contribution >= 0.6 is 0 Å². The summed E-state index contributed by atoms with van der Waals surface area (Å²) in [6.07, 6.45) is 4.19. The monoisotopic (exact) mass is 393 g/mol. The average molecular weight is 394 g/mol. The van der Waals surface area contributed by atoms with Gasteiger partial charge in [0, 0.05) is 19.0 Å². The molecule has 0 aromatic heterocycles. The van der Waals surface area contributed by atoms with Gasteiger partial charge in [-0.2, -0.15) is 0 Å². The zero-order valence-corrected chi connectivity index (χ0v) is 17.1. The first-order valence-corrected chi connectivity index (χ1v) is 10.5. The van der Waals surface area contributed by atoms with Crippen LogP contribution in [0.3, 0.4) is 0 Å². The molecule has 0 amide bonds. The zero-order valence-electron chi connectivity index (χ0n) is 17.1. The van der Waals surface area contributed by atoms with E-state index in [1.54, 1.807) is 12.1 Å². The van der Waals surface area contributed by atoms with Gasteiger partial charge in [0.2, 0.25) is 0 Å². The number of fused-ring (bicyclic) bond motifs is 1. The molecule has 29 heavy (non-hydrogen) atoms. The Morgan fingerprint density at radius 2 is 1.93 bits per heavy atom. The van der Waals surface area contributed by atoms with Crippen LogP contribution in [0.4, 0.5) is 4.39 Å². The third-order valence-corrected chi connectivity index (χ3v) is 6.80. The molecule has 3 atom stereocenters. The maximum Gasteiger partial charge on any atom is 0.288 e. The predicted molar refractivity (Wildman–Crippen MR) is 113 cm³/mol. The molecule has 2 aromatic rings. The Kier molecular flexibility index (Phi) is 4.58. The number of amidine groups is 1. The van der Waals surface area contributed by atoms with E-state index in [0.29, 0.717) is 6.04 Å². The topological polar surface area (TPSA) is 28.1 Å². The fourth-order valence-corrected chi connectivity index (χ4v) is 5.14. The van der Waals surface area contributed by atoms with Crippen LogP contribution in [-0.2, 0) is 11.2 Å². The zero-order chi connectivity index (χ0) is 20.0. The molecule has 0 unspecified atom stereocenters. The van der Waals surface area contributed by atoms with Gasteiger partial charge < -0.3 is 14.5 Å². The van der Waals surface area contributed by atoms with Gasteiger partial charge in [0.25, 0.3) is 6.02 Å². The summed E-state index contributed by atoms with van der Waals surface area (Å²) in [6, 6.07) is 16.7. The molecule has 152 valence electrons. The van der Waals surface area contributed by atoms with Gasteiger partial charge in [0.1, 0.15) is 11.4 Å². The summed E-state index contributed by atoms with van der Waals surface area (Å²) in [6.45, 7) is 1.59. The van der Waals surface area contributed by atoms with Crippen LogP contribution in [0.1, 0.15) is 42.0 Å². The lowest BCUT2D eigenvalue weighted by Crippen LogP contribution is -2.43. The molecule has 5 rings (SSSR count). The molecule has 1 fully saturated rings. The first kappa shape index (κ1) is 18.6. The van der Waals surface area contributed by atoms with Gasteiger partial charge in [-0.05, 0) is 62.2 Å². The number of hydrogen-bond donors (Lipinski definition) is 0. The number of benzene rings is 2. The Balaban J connectivity index is 1.46. The Bertz CT molecular complexity index is 926. The SMILES string of the molecule is CN(C)[C@H]1CC[C@@]2(CN=C(N3CCc4ccccc4[C@@H]3c3ccc(F)cc3)O2)C1. The summed E-state index contributed by atoms with van der Waals surface area (Å²) in [5.41, 5.74) is 3.52. The lowest BCUT2D eigenvalue weighted by Gasteiger charge is -2.39. The summed E-state index contributed by atoms with van der Waals surface area (Å²) in [7, 11) is 4.29. The molecule has 0 saturated heterocycles. The van der Waals surface area contributed by atoms with E-state index in [0.717, 1.165) is 50.4 Å². The minimum absolute atomic E-state index is 0.000462. The third-order valence-electron chi connectivity index (χ3n) is 6.80. The highest BCUT2D eigenvalue weighted by atomic mass is 19.1. The molecule has 2 aromatic carbocycles. The van der Waals surface area contributed by atoms with Gasteiger partial charge in [-0.1, -0.05) is 36.4 Å². The van der Waals surface area contributed by atoms with Gasteiger partial charge in [0.15, 0.2) is 0 Å². The minimum atomic E-state index is -0.210. The minimum Gasteiger partial charge on any atom is -0.456 e. The second kappa shape index (κ2) is 7.13. The number of rotatable bonds is 2. The van der Waals surface area contributed by atoms with Crippen molar-refractivity contribution in [3.63, 3.8) is 0 Å². The van der Waals surface area contributed by atoms with Crippen molar-refractivity contribution in [2.24, 2.45) is 4.99 Å². The van der Waals surface area contributed by atoms with Gasteiger partial charge in [-0.15, -0.1) is 0 Å². The lowest BCUT2D eigenvalue weighted by atomic mass is 9.88. The highest BCUT2D eigenvalue weighted by Gasteiger charge is 2.47. The van der Waals surface area contributed by atoms with Crippen molar-refractivity contribution < 1.29 is 9.13 Å². The Morgan fingerprint density at radius 3 is 2.69 bits per heavy atom. The first-order chi connectivity index (χ1) is 14.0. The molecule has 0 bridgehead atoms. The van der Waals surface area contributed by atoms with Crippen molar-refractivity contribution in [2.75, 3.05) is 27.2 Å². The first-order valence-electron chi connectivity index (χ1n) is 10.5. The van der Waals surface area contributed by atoms with E-state index < -0.39 is 0 Å². The normalized spacial score (nSPS) is 28.6. The fraction of sp³-hybridized carbons (Fsp3) is 0.458. The predicted octanol–water partition coefficient (Wildman–Crippen LogP) is 4.01. The van der Waals surface area contributed by atoms with E-state index in [9.17, 15) is 4.39 Å². The van der Waals surface area contributed by atoms with E-state index in [1.807, 2.05) is 12.1 Å². The van der Waals surface area contributed by atoms with Crippen molar-refractivity contribution in [3.05, 3.63) is 71.0 Å². The standard InChI is InChI=1S/C24H28FN3O/c1-27(2)20-11-13-24(15-20)16-26-23(29-24)28-14-12-17-5-3-4-6-21(17)22(28)18-7-9-19(25)10-8-18/h3-10,20,22H,11-16H2,1-2H3/t20-,22-,24-/m0/s1. The number of hydrogen-bond acceptors (Lipinski definition) is 4. The molecule has 0 N–H and O–H groups in total.